The van der Waals surface area contributed by atoms with Crippen molar-refractivity contribution in [3.63, 3.8) is 0 Å². The van der Waals surface area contributed by atoms with Crippen molar-refractivity contribution >= 4 is 32.0 Å². The number of rotatable bonds is 4. The fraction of sp³-hybridized carbons (Fsp3) is 0.111. The zero-order valence-corrected chi connectivity index (χ0v) is 13.6. The summed E-state index contributed by atoms with van der Waals surface area (Å²) < 4.78 is 24.8. The Balaban J connectivity index is 1.85. The van der Waals surface area contributed by atoms with Crippen LogP contribution in [0.4, 0.5) is 11.4 Å². The lowest BCUT2D eigenvalue weighted by Gasteiger charge is -2.12. The van der Waals surface area contributed by atoms with Crippen molar-refractivity contribution in [3.05, 3.63) is 66.2 Å². The molecule has 0 unspecified atom stereocenters. The van der Waals surface area contributed by atoms with Crippen LogP contribution in [-0.4, -0.2) is 14.3 Å². The average Bonchev–Trinajstić information content (AvgIpc) is 2.55. The third-order valence-corrected chi connectivity index (χ3v) is 5.32. The number of hydrogen-bond donors (Lipinski definition) is 2. The van der Waals surface area contributed by atoms with E-state index in [1.165, 1.54) is 0 Å². The molecule has 3 aromatic rings. The normalized spacial score (nSPS) is 11.5. The summed E-state index contributed by atoms with van der Waals surface area (Å²) in [5.74, 6) is -0.196. The van der Waals surface area contributed by atoms with E-state index < -0.39 is 9.84 Å². The summed E-state index contributed by atoms with van der Waals surface area (Å²) in [5, 5.41) is 4.88. The highest BCUT2D eigenvalue weighted by atomic mass is 32.2. The molecule has 0 fully saturated rings. The van der Waals surface area contributed by atoms with Gasteiger partial charge < -0.3 is 11.1 Å². The Morgan fingerprint density at radius 3 is 2.39 bits per heavy atom. The summed E-state index contributed by atoms with van der Waals surface area (Å²) in [5.41, 5.74) is 8.36. The summed E-state index contributed by atoms with van der Waals surface area (Å²) in [4.78, 5) is 0.301. The third-order valence-electron chi connectivity index (χ3n) is 3.80. The molecule has 5 heteroatoms. The van der Waals surface area contributed by atoms with Crippen molar-refractivity contribution in [3.8, 4) is 0 Å². The highest BCUT2D eigenvalue weighted by molar-refractivity contribution is 7.91. The minimum Gasteiger partial charge on any atom is -0.397 e. The minimum absolute atomic E-state index is 0.196. The number of fused-ring (bicyclic) bond motifs is 1. The number of aryl methyl sites for hydroxylation is 1. The molecule has 0 saturated carbocycles. The van der Waals surface area contributed by atoms with Gasteiger partial charge in [0.05, 0.1) is 16.3 Å². The van der Waals surface area contributed by atoms with E-state index in [-0.39, 0.29) is 5.88 Å². The van der Waals surface area contributed by atoms with Crippen LogP contribution in [0.3, 0.4) is 0 Å². The number of sulfone groups is 1. The molecule has 0 aromatic heterocycles. The highest BCUT2D eigenvalue weighted by Crippen LogP contribution is 2.28. The van der Waals surface area contributed by atoms with Gasteiger partial charge in [-0.2, -0.15) is 0 Å². The second-order valence-electron chi connectivity index (χ2n) is 5.50. The molecule has 3 aromatic carbocycles. The molecule has 3 rings (SSSR count). The number of anilines is 2. The van der Waals surface area contributed by atoms with Crippen LogP contribution in [0.15, 0.2) is 65.6 Å². The van der Waals surface area contributed by atoms with E-state index in [4.69, 9.17) is 5.73 Å². The van der Waals surface area contributed by atoms with Gasteiger partial charge in [0.15, 0.2) is 9.84 Å². The van der Waals surface area contributed by atoms with E-state index in [9.17, 15) is 8.42 Å². The molecule has 0 spiro atoms. The van der Waals surface area contributed by atoms with E-state index >= 15 is 0 Å². The maximum Gasteiger partial charge on any atom is 0.196 e. The summed E-state index contributed by atoms with van der Waals surface area (Å²) in [6.07, 6.45) is 0. The molecule has 0 aliphatic heterocycles. The number of nitrogen functional groups attached to an aromatic ring is 1. The zero-order chi connectivity index (χ0) is 16.4. The van der Waals surface area contributed by atoms with Crippen molar-refractivity contribution in [1.29, 1.82) is 0 Å². The molecule has 3 N–H and O–H groups in total. The maximum atomic E-state index is 12.4. The Labute approximate surface area is 135 Å². The van der Waals surface area contributed by atoms with Crippen molar-refractivity contribution in [2.75, 3.05) is 16.9 Å². The monoisotopic (exact) mass is 326 g/mol. The lowest BCUT2D eigenvalue weighted by molar-refractivity contribution is 0.598. The van der Waals surface area contributed by atoms with Crippen LogP contribution < -0.4 is 11.1 Å². The Kier molecular flexibility index (Phi) is 3.96. The van der Waals surface area contributed by atoms with Crippen molar-refractivity contribution in [1.82, 2.24) is 0 Å². The number of benzene rings is 3. The van der Waals surface area contributed by atoms with E-state index in [1.807, 2.05) is 43.3 Å². The van der Waals surface area contributed by atoms with Gasteiger partial charge in [0.25, 0.3) is 0 Å². The smallest absolute Gasteiger partial charge is 0.196 e. The van der Waals surface area contributed by atoms with Crippen LogP contribution in [0.5, 0.6) is 0 Å². The molecular weight excluding hydrogens is 308 g/mol. The fourth-order valence-electron chi connectivity index (χ4n) is 2.45. The van der Waals surface area contributed by atoms with Crippen LogP contribution in [0.1, 0.15) is 5.56 Å². The lowest BCUT2D eigenvalue weighted by Crippen LogP contribution is -2.15. The summed E-state index contributed by atoms with van der Waals surface area (Å²) in [6, 6.07) is 18.3. The van der Waals surface area contributed by atoms with Crippen LogP contribution >= 0.6 is 0 Å². The number of nitrogens with two attached hydrogens (primary N) is 1. The predicted molar refractivity (Wildman–Crippen MR) is 95.2 cm³/mol. The molecule has 0 amide bonds. The predicted octanol–water partition coefficient (Wildman–Crippen LogP) is 3.57. The maximum absolute atomic E-state index is 12.4. The van der Waals surface area contributed by atoms with E-state index in [2.05, 4.69) is 5.32 Å². The number of hydrogen-bond acceptors (Lipinski definition) is 4. The summed E-state index contributed by atoms with van der Waals surface area (Å²) >= 11 is 0. The Morgan fingerprint density at radius 1 is 0.957 bits per heavy atom. The quantitative estimate of drug-likeness (QED) is 0.719. The van der Waals surface area contributed by atoms with Gasteiger partial charge in [0.1, 0.15) is 5.88 Å². The average molecular weight is 326 g/mol. The van der Waals surface area contributed by atoms with Gasteiger partial charge in [-0.1, -0.05) is 48.0 Å². The Morgan fingerprint density at radius 2 is 1.65 bits per heavy atom. The minimum atomic E-state index is -3.41. The molecule has 4 nitrogen and oxygen atoms in total. The first-order chi connectivity index (χ1) is 11.0. The zero-order valence-electron chi connectivity index (χ0n) is 12.8. The molecule has 0 atom stereocenters. The van der Waals surface area contributed by atoms with Crippen LogP contribution in [0.2, 0.25) is 0 Å². The van der Waals surface area contributed by atoms with Crippen molar-refractivity contribution in [2.45, 2.75) is 11.8 Å². The second kappa shape index (κ2) is 5.93. The summed E-state index contributed by atoms with van der Waals surface area (Å²) in [7, 11) is -3.41. The van der Waals surface area contributed by atoms with Gasteiger partial charge >= 0.3 is 0 Å². The molecule has 0 heterocycles. The third kappa shape index (κ3) is 3.14. The van der Waals surface area contributed by atoms with Crippen LogP contribution in [0, 0.1) is 6.92 Å². The SMILES string of the molecule is Cc1ccc(S(=O)(=O)CNc2ccc3ccccc3c2N)cc1. The standard InChI is InChI=1S/C18H18N2O2S/c1-13-6-9-15(10-7-13)23(21,22)12-20-17-11-8-14-4-2-3-5-16(14)18(17)19/h2-11,20H,12,19H2,1H3. The van der Waals surface area contributed by atoms with Crippen LogP contribution in [-0.2, 0) is 9.84 Å². The van der Waals surface area contributed by atoms with E-state index in [0.29, 0.717) is 16.3 Å². The van der Waals surface area contributed by atoms with Gasteiger partial charge in [-0.15, -0.1) is 0 Å². The Bertz CT molecular complexity index is 948. The first-order valence-corrected chi connectivity index (χ1v) is 8.93. The van der Waals surface area contributed by atoms with Crippen LogP contribution in [0.25, 0.3) is 10.8 Å². The van der Waals surface area contributed by atoms with E-state index in [0.717, 1.165) is 16.3 Å². The molecule has 0 saturated heterocycles. The molecule has 118 valence electrons. The van der Waals surface area contributed by atoms with Gasteiger partial charge in [0, 0.05) is 5.39 Å². The largest absolute Gasteiger partial charge is 0.397 e. The number of nitrogens with one attached hydrogen (secondary N) is 1. The van der Waals surface area contributed by atoms with Gasteiger partial charge in [-0.05, 0) is 30.5 Å². The second-order valence-corrected chi connectivity index (χ2v) is 7.49. The molecule has 0 aliphatic rings. The van der Waals surface area contributed by atoms with Crippen molar-refractivity contribution < 1.29 is 8.42 Å². The van der Waals surface area contributed by atoms with Gasteiger partial charge in [-0.25, -0.2) is 8.42 Å². The molecule has 0 aliphatic carbocycles. The molecule has 0 bridgehead atoms. The van der Waals surface area contributed by atoms with Gasteiger partial charge in [0.2, 0.25) is 0 Å². The molecule has 0 radical (unpaired) electrons. The Hall–Kier alpha value is -2.53. The first kappa shape index (κ1) is 15.4. The highest BCUT2D eigenvalue weighted by Gasteiger charge is 2.14. The van der Waals surface area contributed by atoms with Crippen molar-refractivity contribution in [2.24, 2.45) is 0 Å². The summed E-state index contributed by atoms with van der Waals surface area (Å²) in [6.45, 7) is 1.92. The van der Waals surface area contributed by atoms with Gasteiger partial charge in [-0.3, -0.25) is 0 Å². The fourth-order valence-corrected chi connectivity index (χ4v) is 3.51. The molecule has 23 heavy (non-hydrogen) atoms. The lowest BCUT2D eigenvalue weighted by atomic mass is 10.1. The molecular formula is C18H18N2O2S. The topological polar surface area (TPSA) is 72.2 Å². The first-order valence-electron chi connectivity index (χ1n) is 7.28. The van der Waals surface area contributed by atoms with E-state index in [1.54, 1.807) is 24.3 Å².